The first kappa shape index (κ1) is 6.53. The fourth-order valence-electron chi connectivity index (χ4n) is 0.0273. The number of hydrogen-bond donors (Lipinski definition) is 0. The third kappa shape index (κ3) is 2.25. The fourth-order valence-corrected chi connectivity index (χ4v) is 0.0273. The molecule has 1 nitrogen and oxygen atoms in total. The van der Waals surface area contributed by atoms with E-state index in [0.29, 0.717) is 0 Å². The molecule has 1 radical (unpaired) electrons. The molecule has 3 heteroatoms. The van der Waals surface area contributed by atoms with Gasteiger partial charge in [-0.2, -0.15) is 0 Å². The van der Waals surface area contributed by atoms with E-state index in [2.05, 4.69) is 0 Å². The van der Waals surface area contributed by atoms with E-state index in [4.69, 9.17) is 0 Å². The van der Waals surface area contributed by atoms with Gasteiger partial charge in [0.25, 0.3) is 0 Å². The molecular formula is C4H5F2O. The molecule has 0 saturated heterocycles. The molecule has 0 aliphatic heterocycles. The minimum atomic E-state index is -2.39. The van der Waals surface area contributed by atoms with Crippen molar-refractivity contribution < 1.29 is 13.6 Å². The molecule has 0 aliphatic rings. The number of carbonyl (C=O) groups excluding carboxylic acids is 1. The van der Waals surface area contributed by atoms with E-state index in [0.717, 1.165) is 13.2 Å². The molecule has 7 heavy (non-hydrogen) atoms. The van der Waals surface area contributed by atoms with Gasteiger partial charge in [-0.05, 0) is 6.92 Å². The molecule has 0 heterocycles. The first-order valence-corrected chi connectivity index (χ1v) is 1.76. The van der Waals surface area contributed by atoms with Crippen LogP contribution < -0.4 is 0 Å². The van der Waals surface area contributed by atoms with Crippen LogP contribution >= 0.6 is 0 Å². The van der Waals surface area contributed by atoms with Crippen molar-refractivity contribution in [3.8, 4) is 0 Å². The summed E-state index contributed by atoms with van der Waals surface area (Å²) in [6.07, 6.45) is 0.899. The number of hydrogen-bond acceptors (Lipinski definition) is 1. The molecule has 0 aromatic carbocycles. The highest BCUT2D eigenvalue weighted by Crippen LogP contribution is 2.04. The second kappa shape index (κ2) is 2.00. The maximum atomic E-state index is 11.8. The molecule has 0 amide bonds. The molecule has 0 spiro atoms. The lowest BCUT2D eigenvalue weighted by atomic mass is 10.2. The lowest BCUT2D eigenvalue weighted by Gasteiger charge is -2.01. The molecule has 0 rings (SSSR count). The first-order chi connectivity index (χ1) is 3.12. The minimum Gasteiger partial charge on any atom is -0.287 e. The molecule has 41 valence electrons. The van der Waals surface area contributed by atoms with Gasteiger partial charge in [0.1, 0.15) is 6.67 Å². The Morgan fingerprint density at radius 2 is 2.29 bits per heavy atom. The van der Waals surface area contributed by atoms with Crippen LogP contribution in [-0.4, -0.2) is 18.6 Å². The maximum Gasteiger partial charge on any atom is 0.241 e. The summed E-state index contributed by atoms with van der Waals surface area (Å²) >= 11 is 0. The Labute approximate surface area is 40.3 Å². The van der Waals surface area contributed by atoms with Crippen molar-refractivity contribution in [2.24, 2.45) is 0 Å². The van der Waals surface area contributed by atoms with Crippen molar-refractivity contribution in [3.63, 3.8) is 0 Å². The van der Waals surface area contributed by atoms with Crippen molar-refractivity contribution >= 4 is 6.29 Å². The van der Waals surface area contributed by atoms with E-state index in [-0.39, 0.29) is 0 Å². The molecular weight excluding hydrogens is 102 g/mol. The lowest BCUT2D eigenvalue weighted by Crippen LogP contribution is -2.21. The Morgan fingerprint density at radius 1 is 1.86 bits per heavy atom. The highest BCUT2D eigenvalue weighted by molar-refractivity contribution is 5.62. The van der Waals surface area contributed by atoms with Crippen LogP contribution in [0.2, 0.25) is 0 Å². The topological polar surface area (TPSA) is 17.1 Å². The average molecular weight is 107 g/mol. The van der Waals surface area contributed by atoms with Crippen LogP contribution in [0.15, 0.2) is 0 Å². The van der Waals surface area contributed by atoms with E-state index >= 15 is 0 Å². The number of alkyl halides is 2. The number of halogens is 2. The summed E-state index contributed by atoms with van der Waals surface area (Å²) in [4.78, 5) is 9.32. The van der Waals surface area contributed by atoms with Crippen molar-refractivity contribution in [3.05, 3.63) is 0 Å². The zero-order valence-corrected chi connectivity index (χ0v) is 3.87. The quantitative estimate of drug-likeness (QED) is 0.510. The van der Waals surface area contributed by atoms with Gasteiger partial charge in [-0.3, -0.25) is 4.79 Å². The van der Waals surface area contributed by atoms with E-state index in [9.17, 15) is 13.6 Å². The van der Waals surface area contributed by atoms with Gasteiger partial charge in [0.05, 0.1) is 0 Å². The van der Waals surface area contributed by atoms with Gasteiger partial charge >= 0.3 is 0 Å². The maximum absolute atomic E-state index is 11.8. The standard InChI is InChI=1S/C4H5F2O/c1-4(6,2-5)3-7/h2H2,1H3/t4-/m0/s1. The SMILES string of the molecule is C[C@@](F)([C]=O)CF. The second-order valence-electron chi connectivity index (χ2n) is 1.43. The van der Waals surface area contributed by atoms with Gasteiger partial charge in [0.2, 0.25) is 12.0 Å². The Morgan fingerprint density at radius 3 is 2.29 bits per heavy atom. The van der Waals surface area contributed by atoms with Gasteiger partial charge in [0.15, 0.2) is 0 Å². The van der Waals surface area contributed by atoms with Crippen LogP contribution in [0.5, 0.6) is 0 Å². The van der Waals surface area contributed by atoms with E-state index in [1.54, 1.807) is 0 Å². The molecule has 0 bridgehead atoms. The Bertz CT molecular complexity index is 70.1. The zero-order valence-electron chi connectivity index (χ0n) is 3.87. The smallest absolute Gasteiger partial charge is 0.241 e. The van der Waals surface area contributed by atoms with Gasteiger partial charge in [0, 0.05) is 0 Å². The second-order valence-corrected chi connectivity index (χ2v) is 1.43. The summed E-state index contributed by atoms with van der Waals surface area (Å²) in [5, 5.41) is 0. The monoisotopic (exact) mass is 107 g/mol. The van der Waals surface area contributed by atoms with Gasteiger partial charge in [-0.1, -0.05) is 0 Å². The predicted molar refractivity (Wildman–Crippen MR) is 21.2 cm³/mol. The summed E-state index contributed by atoms with van der Waals surface area (Å²) < 4.78 is 22.9. The third-order valence-corrected chi connectivity index (χ3v) is 0.464. The normalized spacial score (nSPS) is 18.1. The third-order valence-electron chi connectivity index (χ3n) is 0.464. The van der Waals surface area contributed by atoms with Crippen molar-refractivity contribution in [1.29, 1.82) is 0 Å². The van der Waals surface area contributed by atoms with E-state index in [1.807, 2.05) is 0 Å². The van der Waals surface area contributed by atoms with Crippen LogP contribution in [0, 0.1) is 0 Å². The summed E-state index contributed by atoms with van der Waals surface area (Å²) in [7, 11) is 0. The van der Waals surface area contributed by atoms with Crippen molar-refractivity contribution in [2.45, 2.75) is 12.6 Å². The summed E-state index contributed by atoms with van der Waals surface area (Å²) in [6.45, 7) is -0.462. The predicted octanol–water partition coefficient (Wildman–Crippen LogP) is 0.794. The van der Waals surface area contributed by atoms with Crippen LogP contribution in [0.4, 0.5) is 8.78 Å². The van der Waals surface area contributed by atoms with Crippen LogP contribution in [-0.2, 0) is 4.79 Å². The molecule has 1 atom stereocenters. The van der Waals surface area contributed by atoms with Gasteiger partial charge in [-0.15, -0.1) is 0 Å². The lowest BCUT2D eigenvalue weighted by molar-refractivity contribution is 0.212. The Balaban J connectivity index is 3.58. The first-order valence-electron chi connectivity index (χ1n) is 1.76. The van der Waals surface area contributed by atoms with Crippen molar-refractivity contribution in [2.75, 3.05) is 6.67 Å². The zero-order chi connectivity index (χ0) is 5.91. The minimum absolute atomic E-state index is 0.833. The number of rotatable bonds is 2. The van der Waals surface area contributed by atoms with Crippen LogP contribution in [0.1, 0.15) is 6.92 Å². The largest absolute Gasteiger partial charge is 0.287 e. The molecule has 0 saturated carbocycles. The summed E-state index contributed by atoms with van der Waals surface area (Å²) in [6, 6.07) is 0. The Kier molecular flexibility index (Phi) is 1.87. The molecule has 0 aromatic rings. The molecule has 0 aliphatic carbocycles. The average Bonchev–Trinajstić information content (AvgIpc) is 1.68. The molecule has 0 unspecified atom stereocenters. The van der Waals surface area contributed by atoms with Gasteiger partial charge in [-0.25, -0.2) is 8.78 Å². The Hall–Kier alpha value is -0.470. The van der Waals surface area contributed by atoms with Crippen LogP contribution in [0.25, 0.3) is 0 Å². The fraction of sp³-hybridized carbons (Fsp3) is 0.750. The highest BCUT2D eigenvalue weighted by Gasteiger charge is 2.22. The van der Waals surface area contributed by atoms with E-state index in [1.165, 1.54) is 0 Å². The summed E-state index contributed by atoms with van der Waals surface area (Å²) in [5.74, 6) is 0. The van der Waals surface area contributed by atoms with Gasteiger partial charge < -0.3 is 0 Å². The molecule has 0 fully saturated rings. The summed E-state index contributed by atoms with van der Waals surface area (Å²) in [5.41, 5.74) is -2.39. The molecule has 0 N–H and O–H groups in total. The highest BCUT2D eigenvalue weighted by atomic mass is 19.2. The molecule has 0 aromatic heterocycles. The van der Waals surface area contributed by atoms with E-state index < -0.39 is 12.3 Å². The van der Waals surface area contributed by atoms with Crippen LogP contribution in [0.3, 0.4) is 0 Å². The van der Waals surface area contributed by atoms with Crippen molar-refractivity contribution in [1.82, 2.24) is 0 Å².